The number of hydrogen-bond donors (Lipinski definition) is 1. The van der Waals surface area contributed by atoms with Gasteiger partial charge in [-0.1, -0.05) is 6.92 Å². The number of nitrogens with zero attached hydrogens (tertiary/aromatic N) is 3. The zero-order valence-corrected chi connectivity index (χ0v) is 16.5. The van der Waals surface area contributed by atoms with E-state index in [2.05, 4.69) is 17.2 Å². The van der Waals surface area contributed by atoms with Crippen LogP contribution in [0.15, 0.2) is 10.9 Å². The van der Waals surface area contributed by atoms with Gasteiger partial charge < -0.3 is 19.7 Å². The molecule has 29 heavy (non-hydrogen) atoms. The standard InChI is InChI=1S/C19H27F3N4O3/c1-12-11-29-14(12)9-23-16-8-17(27)25-5-2-15(19(20,21)22)26(18(25)24-16)10-13-3-6-28-7-4-13/h8,12-15,23H,2-7,9-11H2,1H3/t12?,14-,15+/m1/s1. The fourth-order valence-electron chi connectivity index (χ4n) is 4.21. The minimum Gasteiger partial charge on any atom is -0.381 e. The molecule has 4 heterocycles. The van der Waals surface area contributed by atoms with Crippen molar-refractivity contribution in [1.82, 2.24) is 9.55 Å². The third-order valence-corrected chi connectivity index (χ3v) is 6.11. The summed E-state index contributed by atoms with van der Waals surface area (Å²) in [4.78, 5) is 18.3. The first-order chi connectivity index (χ1) is 13.8. The second kappa shape index (κ2) is 8.14. The molecule has 1 N–H and O–H groups in total. The fourth-order valence-corrected chi connectivity index (χ4v) is 4.21. The van der Waals surface area contributed by atoms with Gasteiger partial charge in [-0.25, -0.2) is 0 Å². The predicted molar refractivity (Wildman–Crippen MR) is 101 cm³/mol. The summed E-state index contributed by atoms with van der Waals surface area (Å²) in [5.41, 5.74) is -0.335. The van der Waals surface area contributed by atoms with Crippen molar-refractivity contribution in [3.63, 3.8) is 0 Å². The first-order valence-electron chi connectivity index (χ1n) is 10.2. The zero-order chi connectivity index (χ0) is 20.6. The van der Waals surface area contributed by atoms with Gasteiger partial charge in [0.2, 0.25) is 5.95 Å². The molecule has 0 saturated carbocycles. The van der Waals surface area contributed by atoms with Gasteiger partial charge in [0.05, 0.1) is 12.7 Å². The summed E-state index contributed by atoms with van der Waals surface area (Å²) in [5.74, 6) is 0.880. The van der Waals surface area contributed by atoms with E-state index in [1.54, 1.807) is 0 Å². The maximum Gasteiger partial charge on any atom is 0.408 e. The normalized spacial score (nSPS) is 28.0. The van der Waals surface area contributed by atoms with Crippen molar-refractivity contribution in [2.24, 2.45) is 11.8 Å². The van der Waals surface area contributed by atoms with Crippen LogP contribution in [-0.2, 0) is 16.0 Å². The number of alkyl halides is 3. The number of halogens is 3. The topological polar surface area (TPSA) is 68.6 Å². The lowest BCUT2D eigenvalue weighted by Crippen LogP contribution is -2.54. The van der Waals surface area contributed by atoms with Crippen LogP contribution in [0, 0.1) is 11.8 Å². The van der Waals surface area contributed by atoms with Crippen LogP contribution in [0.3, 0.4) is 0 Å². The Balaban J connectivity index is 1.61. The molecule has 3 aliphatic rings. The highest BCUT2D eigenvalue weighted by Crippen LogP contribution is 2.35. The van der Waals surface area contributed by atoms with E-state index in [4.69, 9.17) is 9.47 Å². The summed E-state index contributed by atoms with van der Waals surface area (Å²) in [7, 11) is 0. The Morgan fingerprint density at radius 3 is 2.66 bits per heavy atom. The van der Waals surface area contributed by atoms with Crippen molar-refractivity contribution in [2.75, 3.05) is 43.1 Å². The molecule has 0 aliphatic carbocycles. The molecule has 0 bridgehead atoms. The minimum atomic E-state index is -4.38. The van der Waals surface area contributed by atoms with Crippen molar-refractivity contribution >= 4 is 11.8 Å². The Kier molecular flexibility index (Phi) is 5.74. The molecule has 2 fully saturated rings. The molecule has 162 valence electrons. The van der Waals surface area contributed by atoms with Crippen molar-refractivity contribution in [1.29, 1.82) is 0 Å². The van der Waals surface area contributed by atoms with E-state index in [0.717, 1.165) is 0 Å². The molecular weight excluding hydrogens is 389 g/mol. The van der Waals surface area contributed by atoms with Crippen LogP contribution in [0.4, 0.5) is 24.9 Å². The number of hydrogen-bond acceptors (Lipinski definition) is 6. The van der Waals surface area contributed by atoms with E-state index in [1.807, 2.05) is 0 Å². The lowest BCUT2D eigenvalue weighted by Gasteiger charge is -2.41. The maximum atomic E-state index is 13.8. The summed E-state index contributed by atoms with van der Waals surface area (Å²) in [6.07, 6.45) is -3.09. The van der Waals surface area contributed by atoms with Crippen LogP contribution in [0.25, 0.3) is 0 Å². The predicted octanol–water partition coefficient (Wildman–Crippen LogP) is 2.26. The molecule has 0 amide bonds. The quantitative estimate of drug-likeness (QED) is 0.794. The third kappa shape index (κ3) is 4.37. The van der Waals surface area contributed by atoms with Gasteiger partial charge in [0.1, 0.15) is 11.9 Å². The van der Waals surface area contributed by atoms with Crippen LogP contribution < -0.4 is 15.8 Å². The van der Waals surface area contributed by atoms with Crippen molar-refractivity contribution in [3.8, 4) is 0 Å². The molecule has 1 unspecified atom stereocenters. The van der Waals surface area contributed by atoms with Crippen molar-refractivity contribution < 1.29 is 22.6 Å². The summed E-state index contributed by atoms with van der Waals surface area (Å²) < 4.78 is 53.5. The highest BCUT2D eigenvalue weighted by molar-refractivity contribution is 5.45. The number of aromatic nitrogens is 2. The summed E-state index contributed by atoms with van der Waals surface area (Å²) in [5, 5.41) is 3.07. The van der Waals surface area contributed by atoms with Gasteiger partial charge >= 0.3 is 6.18 Å². The number of rotatable bonds is 5. The number of ether oxygens (including phenoxy) is 2. The summed E-state index contributed by atoms with van der Waals surface area (Å²) in [6, 6.07) is -0.282. The highest BCUT2D eigenvalue weighted by Gasteiger charge is 2.47. The molecule has 2 saturated heterocycles. The van der Waals surface area contributed by atoms with Crippen LogP contribution in [-0.4, -0.2) is 60.8 Å². The molecule has 3 atom stereocenters. The van der Waals surface area contributed by atoms with E-state index in [9.17, 15) is 18.0 Å². The van der Waals surface area contributed by atoms with Crippen molar-refractivity contribution in [3.05, 3.63) is 16.4 Å². The van der Waals surface area contributed by atoms with Crippen LogP contribution in [0.1, 0.15) is 26.2 Å². The van der Waals surface area contributed by atoms with Crippen molar-refractivity contribution in [2.45, 2.75) is 51.1 Å². The van der Waals surface area contributed by atoms with Gasteiger partial charge in [-0.15, -0.1) is 0 Å². The van der Waals surface area contributed by atoms with Crippen LogP contribution in [0.5, 0.6) is 0 Å². The van der Waals surface area contributed by atoms with E-state index in [0.29, 0.717) is 50.9 Å². The average molecular weight is 416 g/mol. The molecule has 1 aromatic heterocycles. The molecule has 7 nitrogen and oxygen atoms in total. The molecule has 10 heteroatoms. The Bertz CT molecular complexity index is 779. The maximum absolute atomic E-state index is 13.8. The van der Waals surface area contributed by atoms with E-state index < -0.39 is 12.2 Å². The molecule has 3 aliphatic heterocycles. The second-order valence-electron chi connectivity index (χ2n) is 8.22. The molecule has 0 spiro atoms. The number of fused-ring (bicyclic) bond motifs is 1. The highest BCUT2D eigenvalue weighted by atomic mass is 19.4. The monoisotopic (exact) mass is 416 g/mol. The number of anilines is 2. The van der Waals surface area contributed by atoms with Gasteiger partial charge in [-0.05, 0) is 25.2 Å². The van der Waals surface area contributed by atoms with Gasteiger partial charge in [-0.2, -0.15) is 18.2 Å². The fraction of sp³-hybridized carbons (Fsp3) is 0.789. The summed E-state index contributed by atoms with van der Waals surface area (Å²) in [6.45, 7) is 4.56. The first-order valence-corrected chi connectivity index (χ1v) is 10.2. The first kappa shape index (κ1) is 20.5. The Morgan fingerprint density at radius 1 is 1.28 bits per heavy atom. The molecule has 4 rings (SSSR count). The number of nitrogens with one attached hydrogen (secondary N) is 1. The smallest absolute Gasteiger partial charge is 0.381 e. The minimum absolute atomic E-state index is 0.0126. The van der Waals surface area contributed by atoms with Crippen LogP contribution in [0.2, 0.25) is 0 Å². The molecule has 1 aromatic rings. The van der Waals surface area contributed by atoms with Gasteiger partial charge in [0.15, 0.2) is 0 Å². The van der Waals surface area contributed by atoms with E-state index >= 15 is 0 Å². The lowest BCUT2D eigenvalue weighted by atomic mass is 9.98. The molecule has 0 radical (unpaired) electrons. The van der Waals surface area contributed by atoms with E-state index in [-0.39, 0.29) is 43.0 Å². The van der Waals surface area contributed by atoms with Gasteiger partial charge in [0, 0.05) is 44.8 Å². The Morgan fingerprint density at radius 2 is 2.03 bits per heavy atom. The zero-order valence-electron chi connectivity index (χ0n) is 16.5. The largest absolute Gasteiger partial charge is 0.408 e. The second-order valence-corrected chi connectivity index (χ2v) is 8.22. The molecular formula is C19H27F3N4O3. The van der Waals surface area contributed by atoms with Gasteiger partial charge in [-0.3, -0.25) is 9.36 Å². The van der Waals surface area contributed by atoms with Gasteiger partial charge in [0.25, 0.3) is 5.56 Å². The third-order valence-electron chi connectivity index (χ3n) is 6.11. The average Bonchev–Trinajstić information content (AvgIpc) is 2.67. The summed E-state index contributed by atoms with van der Waals surface area (Å²) >= 11 is 0. The van der Waals surface area contributed by atoms with Crippen LogP contribution >= 0.6 is 0 Å². The SMILES string of the molecule is CC1CO[C@@H]1CNc1cc(=O)n2c(n1)N(CC1CCOCC1)[C@H](C(F)(F)F)CC2. The lowest BCUT2D eigenvalue weighted by molar-refractivity contribution is -0.153. The Hall–Kier alpha value is -1.81. The van der Waals surface area contributed by atoms with E-state index in [1.165, 1.54) is 15.5 Å². The Labute approximate surface area is 167 Å². The molecule has 0 aromatic carbocycles.